The Hall–Kier alpha value is -7.42. The summed E-state index contributed by atoms with van der Waals surface area (Å²) in [6, 6.07) is 62.1. The number of nitrogens with zero attached hydrogens (tertiary/aromatic N) is 2. The zero-order valence-corrected chi connectivity index (χ0v) is 36.5. The van der Waals surface area contributed by atoms with Gasteiger partial charge in [-0.1, -0.05) is 186 Å². The predicted molar refractivity (Wildman–Crippen MR) is 269 cm³/mol. The number of allylic oxidation sites excluding steroid dienone is 10. The van der Waals surface area contributed by atoms with Crippen molar-refractivity contribution in [2.75, 3.05) is 9.80 Å². The Bertz CT molecular complexity index is 3010. The van der Waals surface area contributed by atoms with Gasteiger partial charge >= 0.3 is 0 Å². The van der Waals surface area contributed by atoms with Crippen LogP contribution in [-0.2, 0) is 10.8 Å². The zero-order chi connectivity index (χ0) is 43.1. The van der Waals surface area contributed by atoms with E-state index in [9.17, 15) is 0 Å². The minimum atomic E-state index is -0.0921. The molecule has 0 saturated carbocycles. The standard InChI is InChI=1S/C61H52N2/c1-6-7-19-45-42-60(2,3)58-40-50(36-38-54(45)58)63(47-23-12-9-13-24-47)49-34-31-44(32-35-49)53-27-15-14-26-52(53)43-20-18-25-48(33-30-43)62(46-21-10-8-11-22-46)51-37-39-56-55-28-16-17-29-57(55)61(4,5)59(56)41-51/h6-43H,1H2,2-5H3/b19-7-. The topological polar surface area (TPSA) is 6.48 Å². The summed E-state index contributed by atoms with van der Waals surface area (Å²) >= 11 is 0. The van der Waals surface area contributed by atoms with Gasteiger partial charge in [0, 0.05) is 50.9 Å². The van der Waals surface area contributed by atoms with E-state index in [4.69, 9.17) is 0 Å². The summed E-state index contributed by atoms with van der Waals surface area (Å²) in [5.74, 6) is 0.0797. The number of anilines is 5. The van der Waals surface area contributed by atoms with E-state index >= 15 is 0 Å². The predicted octanol–water partition coefficient (Wildman–Crippen LogP) is 16.5. The number of rotatable bonds is 10. The van der Waals surface area contributed by atoms with Crippen LogP contribution in [0.15, 0.2) is 237 Å². The second-order valence-corrected chi connectivity index (χ2v) is 17.9. The van der Waals surface area contributed by atoms with Crippen LogP contribution in [0.1, 0.15) is 61.4 Å². The summed E-state index contributed by atoms with van der Waals surface area (Å²) in [6.45, 7) is 13.2. The van der Waals surface area contributed by atoms with Crippen LogP contribution in [0.25, 0.3) is 27.8 Å². The van der Waals surface area contributed by atoms with Crippen LogP contribution in [0.4, 0.5) is 28.4 Å². The van der Waals surface area contributed by atoms with Crippen molar-refractivity contribution in [1.82, 2.24) is 0 Å². The Morgan fingerprint density at radius 3 is 1.81 bits per heavy atom. The van der Waals surface area contributed by atoms with Gasteiger partial charge in [-0.2, -0.15) is 0 Å². The van der Waals surface area contributed by atoms with Crippen LogP contribution in [-0.4, -0.2) is 0 Å². The lowest BCUT2D eigenvalue weighted by Gasteiger charge is -2.28. The molecule has 0 fully saturated rings. The van der Waals surface area contributed by atoms with Crippen LogP contribution in [0.2, 0.25) is 0 Å². The van der Waals surface area contributed by atoms with Crippen LogP contribution in [0.5, 0.6) is 0 Å². The molecule has 0 bridgehead atoms. The van der Waals surface area contributed by atoms with Crippen LogP contribution >= 0.6 is 0 Å². The average molecular weight is 813 g/mol. The lowest BCUT2D eigenvalue weighted by molar-refractivity contribution is 0.660. The van der Waals surface area contributed by atoms with Crippen molar-refractivity contribution in [3.63, 3.8) is 0 Å². The highest BCUT2D eigenvalue weighted by molar-refractivity contribution is 5.87. The molecule has 3 aliphatic carbocycles. The number of fused-ring (bicyclic) bond motifs is 4. The Kier molecular flexibility index (Phi) is 10.2. The summed E-state index contributed by atoms with van der Waals surface area (Å²) in [7, 11) is 0. The van der Waals surface area contributed by atoms with E-state index in [-0.39, 0.29) is 16.7 Å². The molecular weight excluding hydrogens is 761 g/mol. The van der Waals surface area contributed by atoms with E-state index in [1.54, 1.807) is 0 Å². The molecule has 10 rings (SSSR count). The van der Waals surface area contributed by atoms with Crippen LogP contribution in [0.3, 0.4) is 0 Å². The number of hydrogen-bond acceptors (Lipinski definition) is 2. The summed E-state index contributed by atoms with van der Waals surface area (Å²) in [5.41, 5.74) is 19.5. The van der Waals surface area contributed by atoms with Gasteiger partial charge < -0.3 is 9.80 Å². The van der Waals surface area contributed by atoms with Gasteiger partial charge in [0.1, 0.15) is 0 Å². The minimum absolute atomic E-state index is 0.0797. The molecule has 0 heterocycles. The minimum Gasteiger partial charge on any atom is -0.311 e. The van der Waals surface area contributed by atoms with Gasteiger partial charge in [0.05, 0.1) is 0 Å². The molecule has 7 aromatic rings. The Morgan fingerprint density at radius 1 is 0.508 bits per heavy atom. The maximum atomic E-state index is 3.89. The van der Waals surface area contributed by atoms with E-state index < -0.39 is 0 Å². The first-order valence-corrected chi connectivity index (χ1v) is 22.1. The van der Waals surface area contributed by atoms with Gasteiger partial charge in [0.2, 0.25) is 0 Å². The second kappa shape index (κ2) is 16.1. The molecule has 0 aliphatic heterocycles. The lowest BCUT2D eigenvalue weighted by Crippen LogP contribution is -2.18. The first-order chi connectivity index (χ1) is 30.7. The molecule has 7 aromatic carbocycles. The summed E-state index contributed by atoms with van der Waals surface area (Å²) in [5, 5.41) is 0. The summed E-state index contributed by atoms with van der Waals surface area (Å²) in [6.07, 6.45) is 19.8. The molecule has 0 N–H and O–H groups in total. The quantitative estimate of drug-likeness (QED) is 0.127. The third-order valence-electron chi connectivity index (χ3n) is 13.1. The van der Waals surface area contributed by atoms with Crippen molar-refractivity contribution in [1.29, 1.82) is 0 Å². The van der Waals surface area contributed by atoms with Crippen molar-refractivity contribution in [2.24, 2.45) is 0 Å². The SMILES string of the molecule is C=C/C=C\C1=CC(C)(C)c2cc(N(c3ccccc3)c3ccc(-c4ccccc4C4C=CC=C(N(c5ccccc5)c5ccc6c(c5)C(C)(C)c5ccccc5-6)C=C4)cc3)ccc21. The molecule has 0 aromatic heterocycles. The third-order valence-corrected chi connectivity index (χ3v) is 13.1. The largest absolute Gasteiger partial charge is 0.311 e. The smallest absolute Gasteiger partial charge is 0.0465 e. The second-order valence-electron chi connectivity index (χ2n) is 17.9. The molecule has 0 amide bonds. The van der Waals surface area contributed by atoms with Crippen molar-refractivity contribution in [2.45, 2.75) is 44.4 Å². The summed E-state index contributed by atoms with van der Waals surface area (Å²) in [4.78, 5) is 4.76. The molecule has 3 aliphatic rings. The molecule has 0 spiro atoms. The molecule has 1 unspecified atom stereocenters. The van der Waals surface area contributed by atoms with E-state index in [0.717, 1.165) is 34.1 Å². The normalized spacial score (nSPS) is 16.4. The fraction of sp³-hybridized carbons (Fsp3) is 0.115. The van der Waals surface area contributed by atoms with Crippen LogP contribution in [0, 0.1) is 0 Å². The monoisotopic (exact) mass is 812 g/mol. The summed E-state index contributed by atoms with van der Waals surface area (Å²) < 4.78 is 0. The fourth-order valence-corrected chi connectivity index (χ4v) is 9.98. The van der Waals surface area contributed by atoms with Crippen molar-refractivity contribution < 1.29 is 0 Å². The number of hydrogen-bond donors (Lipinski definition) is 0. The van der Waals surface area contributed by atoms with E-state index in [2.05, 4.69) is 256 Å². The molecule has 63 heavy (non-hydrogen) atoms. The zero-order valence-electron chi connectivity index (χ0n) is 36.5. The maximum Gasteiger partial charge on any atom is 0.0465 e. The van der Waals surface area contributed by atoms with Gasteiger partial charge in [-0.3, -0.25) is 0 Å². The molecule has 0 saturated heterocycles. The molecular formula is C61H52N2. The highest BCUT2D eigenvalue weighted by atomic mass is 15.1. The van der Waals surface area contributed by atoms with Gasteiger partial charge in [0.15, 0.2) is 0 Å². The molecule has 2 heteroatoms. The lowest BCUT2D eigenvalue weighted by atomic mass is 9.82. The van der Waals surface area contributed by atoms with E-state index in [1.165, 1.54) is 55.6 Å². The maximum absolute atomic E-state index is 3.89. The molecule has 1 atom stereocenters. The van der Waals surface area contributed by atoms with E-state index in [0.29, 0.717) is 0 Å². The van der Waals surface area contributed by atoms with Gasteiger partial charge in [0.25, 0.3) is 0 Å². The average Bonchev–Trinajstić information content (AvgIpc) is 3.54. The first-order valence-electron chi connectivity index (χ1n) is 22.1. The highest BCUT2D eigenvalue weighted by Crippen LogP contribution is 2.51. The number of benzene rings is 7. The molecule has 2 nitrogen and oxygen atoms in total. The molecule has 0 radical (unpaired) electrons. The van der Waals surface area contributed by atoms with Crippen LogP contribution < -0.4 is 9.80 Å². The van der Waals surface area contributed by atoms with Gasteiger partial charge in [-0.15, -0.1) is 0 Å². The Balaban J connectivity index is 0.965. The third kappa shape index (κ3) is 7.22. The van der Waals surface area contributed by atoms with Crippen molar-refractivity contribution >= 4 is 34.0 Å². The van der Waals surface area contributed by atoms with Gasteiger partial charge in [-0.25, -0.2) is 0 Å². The highest BCUT2D eigenvalue weighted by Gasteiger charge is 2.36. The fourth-order valence-electron chi connectivity index (χ4n) is 9.98. The Morgan fingerprint density at radius 2 is 1.08 bits per heavy atom. The van der Waals surface area contributed by atoms with Gasteiger partial charge in [-0.05, 0) is 128 Å². The first kappa shape index (κ1) is 39.7. The van der Waals surface area contributed by atoms with Crippen molar-refractivity contribution in [3.8, 4) is 22.3 Å². The molecule has 306 valence electrons. The number of para-hydroxylation sites is 2. The van der Waals surface area contributed by atoms with Crippen molar-refractivity contribution in [3.05, 3.63) is 265 Å². The van der Waals surface area contributed by atoms with E-state index in [1.807, 2.05) is 12.2 Å². The Labute approximate surface area is 373 Å².